The molecule has 0 aromatic heterocycles. The Balaban J connectivity index is 1.99. The minimum absolute atomic E-state index is 0.0574. The Morgan fingerprint density at radius 3 is 2.88 bits per heavy atom. The number of carbonyl (C=O) groups excluding carboxylic acids is 3. The number of likely N-dealkylation sites (N-methyl/N-ethyl adjacent to an activating group) is 1. The van der Waals surface area contributed by atoms with E-state index in [-0.39, 0.29) is 36.5 Å². The third-order valence-electron chi connectivity index (χ3n) is 3.82. The van der Waals surface area contributed by atoms with Crippen LogP contribution in [0.25, 0.3) is 0 Å². The van der Waals surface area contributed by atoms with Crippen LogP contribution >= 0.6 is 0 Å². The predicted molar refractivity (Wildman–Crippen MR) is 85.3 cm³/mol. The molecule has 1 aliphatic heterocycles. The van der Waals surface area contributed by atoms with Crippen LogP contribution in [-0.4, -0.2) is 55.3 Å². The molecular formula is C16H21FN4O3. The Hall–Kier alpha value is -2.48. The van der Waals surface area contributed by atoms with Gasteiger partial charge in [-0.25, -0.2) is 4.39 Å². The van der Waals surface area contributed by atoms with Gasteiger partial charge in [0.2, 0.25) is 17.7 Å². The molecule has 3 N–H and O–H groups in total. The molecule has 2 rings (SSSR count). The van der Waals surface area contributed by atoms with Crippen LogP contribution in [0.1, 0.15) is 12.0 Å². The van der Waals surface area contributed by atoms with Crippen molar-refractivity contribution in [3.8, 4) is 0 Å². The first kappa shape index (κ1) is 17.9. The summed E-state index contributed by atoms with van der Waals surface area (Å²) in [5.41, 5.74) is 0.737. The van der Waals surface area contributed by atoms with E-state index in [9.17, 15) is 18.8 Å². The van der Waals surface area contributed by atoms with E-state index >= 15 is 0 Å². The largest absolute Gasteiger partial charge is 0.358 e. The van der Waals surface area contributed by atoms with Crippen molar-refractivity contribution in [2.45, 2.75) is 19.0 Å². The summed E-state index contributed by atoms with van der Waals surface area (Å²) in [6, 6.07) is 5.51. The van der Waals surface area contributed by atoms with Gasteiger partial charge in [0.15, 0.2) is 0 Å². The van der Waals surface area contributed by atoms with Crippen LogP contribution in [0, 0.1) is 5.82 Å². The van der Waals surface area contributed by atoms with E-state index in [1.807, 2.05) is 4.90 Å². The number of carbonyl (C=O) groups is 3. The SMILES string of the molecule is CNC(=O)CNC(=O)C[C@@H]1C(=O)NCCN1Cc1cccc(F)c1. The number of piperazine rings is 1. The van der Waals surface area contributed by atoms with E-state index < -0.39 is 6.04 Å². The number of halogens is 1. The Labute approximate surface area is 139 Å². The van der Waals surface area contributed by atoms with Gasteiger partial charge in [-0.1, -0.05) is 12.1 Å². The Kier molecular flexibility index (Phi) is 6.25. The Morgan fingerprint density at radius 2 is 2.17 bits per heavy atom. The molecule has 1 heterocycles. The fourth-order valence-electron chi connectivity index (χ4n) is 2.56. The predicted octanol–water partition coefficient (Wildman–Crippen LogP) is -0.622. The van der Waals surface area contributed by atoms with Crippen LogP contribution in [0.3, 0.4) is 0 Å². The maximum absolute atomic E-state index is 13.3. The first-order valence-corrected chi connectivity index (χ1v) is 7.73. The fourth-order valence-corrected chi connectivity index (χ4v) is 2.56. The van der Waals surface area contributed by atoms with Gasteiger partial charge in [-0.05, 0) is 17.7 Å². The summed E-state index contributed by atoms with van der Waals surface area (Å²) in [5.74, 6) is -1.28. The molecule has 7 nitrogen and oxygen atoms in total. The average molecular weight is 336 g/mol. The molecule has 0 aliphatic carbocycles. The second kappa shape index (κ2) is 8.39. The zero-order chi connectivity index (χ0) is 17.5. The van der Waals surface area contributed by atoms with Gasteiger partial charge in [0.1, 0.15) is 5.82 Å². The third-order valence-corrected chi connectivity index (χ3v) is 3.82. The Morgan fingerprint density at radius 1 is 1.38 bits per heavy atom. The molecule has 1 aromatic carbocycles. The lowest BCUT2D eigenvalue weighted by Gasteiger charge is -2.34. The van der Waals surface area contributed by atoms with E-state index in [0.717, 1.165) is 5.56 Å². The lowest BCUT2D eigenvalue weighted by Crippen LogP contribution is -2.56. The van der Waals surface area contributed by atoms with Crippen LogP contribution in [0.15, 0.2) is 24.3 Å². The quantitative estimate of drug-likeness (QED) is 0.646. The van der Waals surface area contributed by atoms with Gasteiger partial charge in [-0.15, -0.1) is 0 Å². The molecule has 1 saturated heterocycles. The topological polar surface area (TPSA) is 90.5 Å². The number of hydrogen-bond acceptors (Lipinski definition) is 4. The van der Waals surface area contributed by atoms with E-state index in [2.05, 4.69) is 16.0 Å². The lowest BCUT2D eigenvalue weighted by atomic mass is 10.1. The van der Waals surface area contributed by atoms with Gasteiger partial charge >= 0.3 is 0 Å². The summed E-state index contributed by atoms with van der Waals surface area (Å²) in [6.07, 6.45) is -0.0574. The molecule has 0 spiro atoms. The second-order valence-corrected chi connectivity index (χ2v) is 5.56. The maximum Gasteiger partial charge on any atom is 0.239 e. The van der Waals surface area contributed by atoms with Gasteiger partial charge in [-0.2, -0.15) is 0 Å². The number of benzene rings is 1. The molecule has 1 atom stereocenters. The van der Waals surface area contributed by atoms with Crippen LogP contribution in [0.2, 0.25) is 0 Å². The highest BCUT2D eigenvalue weighted by molar-refractivity contribution is 5.90. The van der Waals surface area contributed by atoms with Crippen LogP contribution < -0.4 is 16.0 Å². The van der Waals surface area contributed by atoms with Crippen molar-refractivity contribution in [2.75, 3.05) is 26.7 Å². The highest BCUT2D eigenvalue weighted by atomic mass is 19.1. The number of hydrogen-bond donors (Lipinski definition) is 3. The fraction of sp³-hybridized carbons (Fsp3) is 0.438. The minimum Gasteiger partial charge on any atom is -0.358 e. The van der Waals surface area contributed by atoms with Crippen molar-refractivity contribution in [3.63, 3.8) is 0 Å². The zero-order valence-corrected chi connectivity index (χ0v) is 13.5. The molecule has 1 fully saturated rings. The number of rotatable bonds is 6. The van der Waals surface area contributed by atoms with E-state index in [4.69, 9.17) is 0 Å². The molecule has 1 aromatic rings. The number of nitrogens with zero attached hydrogens (tertiary/aromatic N) is 1. The molecule has 8 heteroatoms. The van der Waals surface area contributed by atoms with Gasteiger partial charge in [0.25, 0.3) is 0 Å². The highest BCUT2D eigenvalue weighted by Gasteiger charge is 2.31. The highest BCUT2D eigenvalue weighted by Crippen LogP contribution is 2.14. The zero-order valence-electron chi connectivity index (χ0n) is 13.5. The maximum atomic E-state index is 13.3. The monoisotopic (exact) mass is 336 g/mol. The minimum atomic E-state index is -0.647. The molecule has 24 heavy (non-hydrogen) atoms. The van der Waals surface area contributed by atoms with Crippen molar-refractivity contribution >= 4 is 17.7 Å². The standard InChI is InChI=1S/C16H21FN4O3/c1-18-15(23)9-20-14(22)8-13-16(24)19-5-6-21(13)10-11-3-2-4-12(17)7-11/h2-4,7,13H,5-6,8-10H2,1H3,(H,18,23)(H,19,24)(H,20,22)/t13-/m1/s1. The second-order valence-electron chi connectivity index (χ2n) is 5.56. The van der Waals surface area contributed by atoms with Crippen molar-refractivity contribution in [1.29, 1.82) is 0 Å². The van der Waals surface area contributed by atoms with Crippen LogP contribution in [0.5, 0.6) is 0 Å². The molecule has 130 valence electrons. The van der Waals surface area contributed by atoms with Crippen molar-refractivity contribution in [2.24, 2.45) is 0 Å². The molecule has 0 saturated carbocycles. The first-order valence-electron chi connectivity index (χ1n) is 7.73. The average Bonchev–Trinajstić information content (AvgIpc) is 2.56. The summed E-state index contributed by atoms with van der Waals surface area (Å²) < 4.78 is 13.3. The third kappa shape index (κ3) is 5.02. The normalized spacial score (nSPS) is 17.9. The molecule has 0 unspecified atom stereocenters. The van der Waals surface area contributed by atoms with Crippen LogP contribution in [-0.2, 0) is 20.9 Å². The summed E-state index contributed by atoms with van der Waals surface area (Å²) in [5, 5.41) is 7.60. The van der Waals surface area contributed by atoms with Gasteiger partial charge in [-0.3, -0.25) is 19.3 Å². The summed E-state index contributed by atoms with van der Waals surface area (Å²) in [4.78, 5) is 37.1. The van der Waals surface area contributed by atoms with E-state index in [1.54, 1.807) is 12.1 Å². The number of nitrogens with one attached hydrogen (secondary N) is 3. The lowest BCUT2D eigenvalue weighted by molar-refractivity contribution is -0.134. The molecule has 0 bridgehead atoms. The number of amides is 3. The van der Waals surface area contributed by atoms with Gasteiger partial charge in [0, 0.05) is 26.7 Å². The van der Waals surface area contributed by atoms with Gasteiger partial charge in [0.05, 0.1) is 19.0 Å². The van der Waals surface area contributed by atoms with Crippen molar-refractivity contribution in [3.05, 3.63) is 35.6 Å². The van der Waals surface area contributed by atoms with E-state index in [0.29, 0.717) is 19.6 Å². The van der Waals surface area contributed by atoms with Crippen molar-refractivity contribution < 1.29 is 18.8 Å². The summed E-state index contributed by atoms with van der Waals surface area (Å²) in [6.45, 7) is 1.28. The molecule has 3 amide bonds. The molecule has 1 aliphatic rings. The molecular weight excluding hydrogens is 315 g/mol. The molecule has 0 radical (unpaired) electrons. The van der Waals surface area contributed by atoms with Gasteiger partial charge < -0.3 is 16.0 Å². The van der Waals surface area contributed by atoms with Crippen LogP contribution in [0.4, 0.5) is 4.39 Å². The summed E-state index contributed by atoms with van der Waals surface area (Å²) in [7, 11) is 1.48. The first-order chi connectivity index (χ1) is 11.5. The summed E-state index contributed by atoms with van der Waals surface area (Å²) >= 11 is 0. The Bertz CT molecular complexity index is 623. The van der Waals surface area contributed by atoms with Crippen molar-refractivity contribution in [1.82, 2.24) is 20.9 Å². The van der Waals surface area contributed by atoms with E-state index in [1.165, 1.54) is 19.2 Å². The smallest absolute Gasteiger partial charge is 0.239 e.